The Labute approximate surface area is 122 Å². The fourth-order valence-corrected chi connectivity index (χ4v) is 3.02. The van der Waals surface area contributed by atoms with Crippen LogP contribution in [0.15, 0.2) is 23.5 Å². The fraction of sp³-hybridized carbons (Fsp3) is 0.182. The summed E-state index contributed by atoms with van der Waals surface area (Å²) < 4.78 is 0.725. The van der Waals surface area contributed by atoms with Gasteiger partial charge in [-0.2, -0.15) is 0 Å². The first-order valence-corrected chi connectivity index (χ1v) is 7.43. The maximum absolute atomic E-state index is 10.4. The second-order valence-electron chi connectivity index (χ2n) is 3.63. The summed E-state index contributed by atoms with van der Waals surface area (Å²) >= 11 is 8.38. The van der Waals surface area contributed by atoms with Crippen LogP contribution < -0.4 is 5.73 Å². The molecule has 0 aliphatic rings. The molecule has 8 heteroatoms. The van der Waals surface area contributed by atoms with Crippen molar-refractivity contribution in [2.75, 3.05) is 11.5 Å². The molecule has 2 aromatic rings. The third kappa shape index (κ3) is 4.09. The molecule has 2 aromatic heterocycles. The molecular weight excluding hydrogens is 306 g/mol. The average molecular weight is 316 g/mol. The Morgan fingerprint density at radius 3 is 2.89 bits per heavy atom. The third-order valence-electron chi connectivity index (χ3n) is 2.19. The molecule has 5 nitrogen and oxygen atoms in total. The quantitative estimate of drug-likeness (QED) is 0.651. The van der Waals surface area contributed by atoms with Crippen molar-refractivity contribution in [3.63, 3.8) is 0 Å². The van der Waals surface area contributed by atoms with Gasteiger partial charge in [-0.05, 0) is 12.1 Å². The first-order valence-electron chi connectivity index (χ1n) is 5.25. The van der Waals surface area contributed by atoms with E-state index in [0.29, 0.717) is 17.4 Å². The molecule has 2 heterocycles. The molecule has 3 N–H and O–H groups in total. The molecule has 0 saturated heterocycles. The van der Waals surface area contributed by atoms with Crippen molar-refractivity contribution in [3.05, 3.63) is 33.1 Å². The van der Waals surface area contributed by atoms with E-state index in [-0.39, 0.29) is 5.75 Å². The molecule has 0 bridgehead atoms. The topological polar surface area (TPSA) is 89.1 Å². The number of aromatic nitrogens is 2. The Morgan fingerprint density at radius 2 is 2.32 bits per heavy atom. The number of thioether (sulfide) groups is 1. The van der Waals surface area contributed by atoms with E-state index in [0.717, 1.165) is 26.5 Å². The lowest BCUT2D eigenvalue weighted by atomic mass is 10.2. The zero-order valence-electron chi connectivity index (χ0n) is 9.67. The Morgan fingerprint density at radius 1 is 1.53 bits per heavy atom. The van der Waals surface area contributed by atoms with Crippen LogP contribution >= 0.6 is 34.7 Å². The average Bonchev–Trinajstić information content (AvgIpc) is 2.75. The number of carboxylic acid groups (broad SMARTS) is 1. The van der Waals surface area contributed by atoms with Gasteiger partial charge in [0.1, 0.15) is 5.82 Å². The van der Waals surface area contributed by atoms with Crippen LogP contribution in [-0.4, -0.2) is 26.8 Å². The lowest BCUT2D eigenvalue weighted by Gasteiger charge is -2.04. The lowest BCUT2D eigenvalue weighted by molar-refractivity contribution is -0.133. The molecule has 0 aromatic carbocycles. The van der Waals surface area contributed by atoms with Crippen LogP contribution in [0.2, 0.25) is 4.34 Å². The number of nitrogen functional groups attached to an aromatic ring is 1. The number of carbonyl (C=O) groups is 1. The molecule has 0 fully saturated rings. The molecule has 0 radical (unpaired) electrons. The fourth-order valence-electron chi connectivity index (χ4n) is 1.37. The molecule has 0 unspecified atom stereocenters. The molecule has 0 saturated carbocycles. The summed E-state index contributed by atoms with van der Waals surface area (Å²) in [6.07, 6.45) is 2.24. The minimum atomic E-state index is -0.913. The van der Waals surface area contributed by atoms with E-state index in [1.54, 1.807) is 6.20 Å². The largest absolute Gasteiger partial charge is 0.481 e. The van der Waals surface area contributed by atoms with Gasteiger partial charge in [0.2, 0.25) is 0 Å². The van der Waals surface area contributed by atoms with Crippen molar-refractivity contribution in [1.82, 2.24) is 9.97 Å². The molecule has 0 amide bonds. The summed E-state index contributed by atoms with van der Waals surface area (Å²) in [5.41, 5.74) is 6.65. The van der Waals surface area contributed by atoms with Crippen molar-refractivity contribution in [2.45, 2.75) is 11.6 Å². The van der Waals surface area contributed by atoms with E-state index >= 15 is 0 Å². The summed E-state index contributed by atoms with van der Waals surface area (Å²) in [5.74, 6) is -0.629. The monoisotopic (exact) mass is 315 g/mol. The van der Waals surface area contributed by atoms with Crippen LogP contribution in [0, 0.1) is 0 Å². The second-order valence-corrected chi connectivity index (χ2v) is 6.37. The van der Waals surface area contributed by atoms with Gasteiger partial charge in [-0.1, -0.05) is 23.4 Å². The van der Waals surface area contributed by atoms with Gasteiger partial charge in [-0.15, -0.1) is 11.3 Å². The molecule has 19 heavy (non-hydrogen) atoms. The number of hydrogen-bond acceptors (Lipinski definition) is 6. The normalized spacial score (nSPS) is 10.6. The zero-order valence-corrected chi connectivity index (χ0v) is 12.1. The summed E-state index contributed by atoms with van der Waals surface area (Å²) in [6, 6.07) is 3.76. The Balaban J connectivity index is 2.08. The first-order chi connectivity index (χ1) is 9.04. The van der Waals surface area contributed by atoms with E-state index in [1.807, 2.05) is 12.1 Å². The van der Waals surface area contributed by atoms with Crippen LogP contribution in [0.25, 0.3) is 0 Å². The predicted octanol–water partition coefficient (Wildman–Crippen LogP) is 2.54. The maximum Gasteiger partial charge on any atom is 0.313 e. The van der Waals surface area contributed by atoms with Gasteiger partial charge in [0.25, 0.3) is 0 Å². The number of hydrogen-bond donors (Lipinski definition) is 2. The second kappa shape index (κ2) is 6.23. The number of carboxylic acids is 1. The highest BCUT2D eigenvalue weighted by Gasteiger charge is 2.08. The van der Waals surface area contributed by atoms with Crippen LogP contribution in [-0.2, 0) is 11.2 Å². The zero-order chi connectivity index (χ0) is 13.8. The Kier molecular flexibility index (Phi) is 4.62. The van der Waals surface area contributed by atoms with E-state index < -0.39 is 5.97 Å². The molecule has 0 aliphatic heterocycles. The standard InChI is InChI=1S/C11H10ClN3O2S2/c12-8-2-1-7(19-8)3-6-4-14-11(15-10(6)13)18-5-9(16)17/h1-2,4H,3,5H2,(H,16,17)(H2,13,14,15). The number of halogens is 1. The van der Waals surface area contributed by atoms with Gasteiger partial charge < -0.3 is 10.8 Å². The van der Waals surface area contributed by atoms with Gasteiger partial charge in [0.15, 0.2) is 5.16 Å². The van der Waals surface area contributed by atoms with E-state index in [4.69, 9.17) is 22.4 Å². The van der Waals surface area contributed by atoms with Crippen molar-refractivity contribution >= 4 is 46.5 Å². The predicted molar refractivity (Wildman–Crippen MR) is 76.9 cm³/mol. The van der Waals surface area contributed by atoms with Crippen molar-refractivity contribution < 1.29 is 9.90 Å². The molecule has 0 aliphatic carbocycles. The molecule has 0 atom stereocenters. The van der Waals surface area contributed by atoms with Gasteiger partial charge >= 0.3 is 5.97 Å². The highest BCUT2D eigenvalue weighted by atomic mass is 35.5. The van der Waals surface area contributed by atoms with Gasteiger partial charge in [-0.25, -0.2) is 9.97 Å². The summed E-state index contributed by atoms with van der Waals surface area (Å²) in [5, 5.41) is 8.95. The molecular formula is C11H10ClN3O2S2. The van der Waals surface area contributed by atoms with E-state index in [9.17, 15) is 4.79 Å². The summed E-state index contributed by atoms with van der Waals surface area (Å²) in [4.78, 5) is 19.7. The van der Waals surface area contributed by atoms with Crippen molar-refractivity contribution in [3.8, 4) is 0 Å². The van der Waals surface area contributed by atoms with E-state index in [2.05, 4.69) is 9.97 Å². The Hall–Kier alpha value is -1.31. The van der Waals surface area contributed by atoms with Crippen LogP contribution in [0.5, 0.6) is 0 Å². The highest BCUT2D eigenvalue weighted by Crippen LogP contribution is 2.25. The highest BCUT2D eigenvalue weighted by molar-refractivity contribution is 7.99. The number of anilines is 1. The molecule has 0 spiro atoms. The minimum absolute atomic E-state index is 0.0840. The van der Waals surface area contributed by atoms with E-state index in [1.165, 1.54) is 11.3 Å². The number of nitrogens with zero attached hydrogens (tertiary/aromatic N) is 2. The number of aliphatic carboxylic acids is 1. The summed E-state index contributed by atoms with van der Waals surface area (Å²) in [7, 11) is 0. The van der Waals surface area contributed by atoms with Crippen LogP contribution in [0.4, 0.5) is 5.82 Å². The Bertz CT molecular complexity index is 603. The molecule has 100 valence electrons. The minimum Gasteiger partial charge on any atom is -0.481 e. The van der Waals surface area contributed by atoms with Crippen LogP contribution in [0.3, 0.4) is 0 Å². The number of nitrogens with two attached hydrogens (primary N) is 1. The van der Waals surface area contributed by atoms with Crippen LogP contribution in [0.1, 0.15) is 10.4 Å². The van der Waals surface area contributed by atoms with Gasteiger partial charge in [-0.3, -0.25) is 4.79 Å². The number of rotatable bonds is 5. The van der Waals surface area contributed by atoms with Crippen molar-refractivity contribution in [2.24, 2.45) is 0 Å². The SMILES string of the molecule is Nc1nc(SCC(=O)O)ncc1Cc1ccc(Cl)s1. The maximum atomic E-state index is 10.4. The molecule has 2 rings (SSSR count). The number of thiophene rings is 1. The van der Waals surface area contributed by atoms with Gasteiger partial charge in [0.05, 0.1) is 10.1 Å². The first kappa shape index (κ1) is 14.1. The summed E-state index contributed by atoms with van der Waals surface area (Å²) in [6.45, 7) is 0. The van der Waals surface area contributed by atoms with Gasteiger partial charge in [0, 0.05) is 23.1 Å². The van der Waals surface area contributed by atoms with Crippen molar-refractivity contribution in [1.29, 1.82) is 0 Å². The third-order valence-corrected chi connectivity index (χ3v) is 4.27. The lowest BCUT2D eigenvalue weighted by Crippen LogP contribution is -2.03. The smallest absolute Gasteiger partial charge is 0.313 e.